The van der Waals surface area contributed by atoms with Crippen LogP contribution in [0.2, 0.25) is 0 Å². The van der Waals surface area contributed by atoms with Gasteiger partial charge in [0.05, 0.1) is 5.41 Å². The molecule has 0 saturated carbocycles. The van der Waals surface area contributed by atoms with E-state index in [1.54, 1.807) is 13.0 Å². The van der Waals surface area contributed by atoms with Gasteiger partial charge in [0.2, 0.25) is 0 Å². The van der Waals surface area contributed by atoms with Crippen LogP contribution in [0.15, 0.2) is 18.2 Å². The van der Waals surface area contributed by atoms with Crippen LogP contribution in [0, 0.1) is 11.2 Å². The number of aliphatic carboxylic acids is 1. The van der Waals surface area contributed by atoms with E-state index < -0.39 is 11.4 Å². The van der Waals surface area contributed by atoms with Crippen molar-refractivity contribution in [1.29, 1.82) is 0 Å². The fourth-order valence-electron chi connectivity index (χ4n) is 2.70. The monoisotopic (exact) mass is 265 g/mol. The Morgan fingerprint density at radius 3 is 2.84 bits per heavy atom. The highest BCUT2D eigenvalue weighted by Gasteiger charge is 2.40. The highest BCUT2D eigenvalue weighted by Crippen LogP contribution is 2.31. The predicted molar refractivity (Wildman–Crippen MR) is 71.4 cm³/mol. The molecule has 1 N–H and O–H groups in total. The first-order valence-corrected chi connectivity index (χ1v) is 6.68. The van der Waals surface area contributed by atoms with Crippen LogP contribution in [0.25, 0.3) is 0 Å². The van der Waals surface area contributed by atoms with E-state index in [4.69, 9.17) is 0 Å². The van der Waals surface area contributed by atoms with Gasteiger partial charge in [-0.05, 0) is 37.9 Å². The molecule has 1 heterocycles. The topological polar surface area (TPSA) is 40.5 Å². The summed E-state index contributed by atoms with van der Waals surface area (Å²) >= 11 is 0. The molecule has 4 heteroatoms. The van der Waals surface area contributed by atoms with Gasteiger partial charge in [-0.2, -0.15) is 0 Å². The average molecular weight is 265 g/mol. The Morgan fingerprint density at radius 1 is 1.53 bits per heavy atom. The summed E-state index contributed by atoms with van der Waals surface area (Å²) in [6, 6.07) is 5.13. The van der Waals surface area contributed by atoms with Gasteiger partial charge in [-0.15, -0.1) is 0 Å². The maximum atomic E-state index is 13.9. The molecule has 2 rings (SSSR count). The summed E-state index contributed by atoms with van der Waals surface area (Å²) < 4.78 is 13.9. The van der Waals surface area contributed by atoms with Crippen molar-refractivity contribution in [2.24, 2.45) is 5.41 Å². The second kappa shape index (κ2) is 5.29. The molecule has 3 nitrogen and oxygen atoms in total. The Morgan fingerprint density at radius 2 is 2.26 bits per heavy atom. The average Bonchev–Trinajstić information content (AvgIpc) is 2.75. The van der Waals surface area contributed by atoms with Gasteiger partial charge >= 0.3 is 5.97 Å². The second-order valence-electron chi connectivity index (χ2n) is 5.56. The maximum Gasteiger partial charge on any atom is 0.310 e. The summed E-state index contributed by atoms with van der Waals surface area (Å²) in [5.41, 5.74) is 1.01. The van der Waals surface area contributed by atoms with Crippen LogP contribution < -0.4 is 0 Å². The van der Waals surface area contributed by atoms with E-state index in [0.717, 1.165) is 12.0 Å². The normalized spacial score (nSPS) is 23.7. The van der Waals surface area contributed by atoms with Gasteiger partial charge in [0.15, 0.2) is 0 Å². The zero-order chi connectivity index (χ0) is 14.0. The van der Waals surface area contributed by atoms with Crippen molar-refractivity contribution in [2.45, 2.75) is 33.2 Å². The zero-order valence-electron chi connectivity index (χ0n) is 11.4. The lowest BCUT2D eigenvalue weighted by Crippen LogP contribution is -2.31. The van der Waals surface area contributed by atoms with Crippen LogP contribution in [0.4, 0.5) is 4.39 Å². The van der Waals surface area contributed by atoms with Gasteiger partial charge in [-0.25, -0.2) is 4.39 Å². The van der Waals surface area contributed by atoms with Gasteiger partial charge in [-0.1, -0.05) is 19.1 Å². The number of nitrogens with zero attached hydrogens (tertiary/aromatic N) is 1. The van der Waals surface area contributed by atoms with Gasteiger partial charge < -0.3 is 5.11 Å². The van der Waals surface area contributed by atoms with Crippen LogP contribution >= 0.6 is 0 Å². The van der Waals surface area contributed by atoms with Crippen molar-refractivity contribution in [3.8, 4) is 0 Å². The molecule has 0 aromatic heterocycles. The van der Waals surface area contributed by atoms with Gasteiger partial charge in [0.1, 0.15) is 5.82 Å². The molecule has 0 spiro atoms. The molecular formula is C15H20FNO2. The molecule has 1 unspecified atom stereocenters. The standard InChI is InChI=1S/C15H20FNO2/c1-3-11-5-4-6-13(16)12(11)9-17-8-7-15(2,10-17)14(18)19/h4-6H,3,7-10H2,1-2H3,(H,18,19). The Balaban J connectivity index is 2.14. The number of likely N-dealkylation sites (tertiary alicyclic amines) is 1. The summed E-state index contributed by atoms with van der Waals surface area (Å²) in [6.07, 6.45) is 1.41. The third-order valence-electron chi connectivity index (χ3n) is 4.05. The van der Waals surface area contributed by atoms with Crippen LogP contribution in [-0.4, -0.2) is 29.1 Å². The quantitative estimate of drug-likeness (QED) is 0.910. The van der Waals surface area contributed by atoms with E-state index in [2.05, 4.69) is 0 Å². The van der Waals surface area contributed by atoms with Crippen molar-refractivity contribution < 1.29 is 14.3 Å². The molecule has 0 amide bonds. The summed E-state index contributed by atoms with van der Waals surface area (Å²) in [7, 11) is 0. The molecule has 1 aliphatic rings. The fourth-order valence-corrected chi connectivity index (χ4v) is 2.70. The lowest BCUT2D eigenvalue weighted by molar-refractivity contribution is -0.147. The highest BCUT2D eigenvalue weighted by molar-refractivity contribution is 5.74. The van der Waals surface area contributed by atoms with Crippen LogP contribution in [0.5, 0.6) is 0 Å². The molecule has 1 atom stereocenters. The first-order chi connectivity index (χ1) is 8.96. The van der Waals surface area contributed by atoms with Crippen molar-refractivity contribution >= 4 is 5.97 Å². The first-order valence-electron chi connectivity index (χ1n) is 6.68. The minimum Gasteiger partial charge on any atom is -0.481 e. The molecule has 104 valence electrons. The van der Waals surface area contributed by atoms with Crippen molar-refractivity contribution in [3.63, 3.8) is 0 Å². The number of aryl methyl sites for hydroxylation is 1. The Labute approximate surface area is 113 Å². The van der Waals surface area contributed by atoms with E-state index >= 15 is 0 Å². The Hall–Kier alpha value is -1.42. The number of carbonyl (C=O) groups is 1. The minimum absolute atomic E-state index is 0.191. The maximum absolute atomic E-state index is 13.9. The van der Waals surface area contributed by atoms with Crippen LogP contribution in [0.3, 0.4) is 0 Å². The molecule has 1 aliphatic heterocycles. The SMILES string of the molecule is CCc1cccc(F)c1CN1CCC(C)(C(=O)O)C1. The van der Waals surface area contributed by atoms with E-state index in [1.165, 1.54) is 6.07 Å². The summed E-state index contributed by atoms with van der Waals surface area (Å²) in [5, 5.41) is 9.21. The van der Waals surface area contributed by atoms with Gasteiger partial charge in [0.25, 0.3) is 0 Å². The third-order valence-corrected chi connectivity index (χ3v) is 4.05. The molecule has 0 bridgehead atoms. The number of halogens is 1. The smallest absolute Gasteiger partial charge is 0.310 e. The minimum atomic E-state index is -0.765. The molecular weight excluding hydrogens is 245 g/mol. The molecule has 19 heavy (non-hydrogen) atoms. The molecule has 1 fully saturated rings. The second-order valence-corrected chi connectivity index (χ2v) is 5.56. The molecule has 0 aliphatic carbocycles. The first kappa shape index (κ1) is 14.0. The molecule has 1 aromatic rings. The molecule has 1 saturated heterocycles. The number of carboxylic acids is 1. The number of rotatable bonds is 4. The number of hydrogen-bond donors (Lipinski definition) is 1. The zero-order valence-corrected chi connectivity index (χ0v) is 11.4. The lowest BCUT2D eigenvalue weighted by atomic mass is 9.90. The number of hydrogen-bond acceptors (Lipinski definition) is 2. The van der Waals surface area contributed by atoms with Crippen molar-refractivity contribution in [3.05, 3.63) is 35.1 Å². The highest BCUT2D eigenvalue weighted by atomic mass is 19.1. The summed E-state index contributed by atoms with van der Waals surface area (Å²) in [4.78, 5) is 13.2. The largest absolute Gasteiger partial charge is 0.481 e. The van der Waals surface area contributed by atoms with Crippen LogP contribution in [-0.2, 0) is 17.8 Å². The predicted octanol–water partition coefficient (Wildman–Crippen LogP) is 2.68. The molecule has 1 aromatic carbocycles. The van der Waals surface area contributed by atoms with E-state index in [9.17, 15) is 14.3 Å². The van der Waals surface area contributed by atoms with Gasteiger partial charge in [0, 0.05) is 18.7 Å². The van der Waals surface area contributed by atoms with E-state index in [0.29, 0.717) is 31.6 Å². The number of benzene rings is 1. The molecule has 0 radical (unpaired) electrons. The third kappa shape index (κ3) is 2.78. The van der Waals surface area contributed by atoms with Crippen LogP contribution in [0.1, 0.15) is 31.4 Å². The Kier molecular flexibility index (Phi) is 3.90. The Bertz CT molecular complexity index is 489. The van der Waals surface area contributed by atoms with E-state index in [1.807, 2.05) is 17.9 Å². The van der Waals surface area contributed by atoms with E-state index in [-0.39, 0.29) is 5.82 Å². The summed E-state index contributed by atoms with van der Waals surface area (Å²) in [6.45, 7) is 5.46. The van der Waals surface area contributed by atoms with Crippen molar-refractivity contribution in [1.82, 2.24) is 4.90 Å². The van der Waals surface area contributed by atoms with Crippen molar-refractivity contribution in [2.75, 3.05) is 13.1 Å². The summed E-state index contributed by atoms with van der Waals surface area (Å²) in [5.74, 6) is -0.956. The van der Waals surface area contributed by atoms with Gasteiger partial charge in [-0.3, -0.25) is 9.69 Å². The number of carboxylic acid groups (broad SMARTS) is 1. The lowest BCUT2D eigenvalue weighted by Gasteiger charge is -2.21. The fraction of sp³-hybridized carbons (Fsp3) is 0.533.